The van der Waals surface area contributed by atoms with Crippen molar-refractivity contribution in [2.24, 2.45) is 0 Å². The van der Waals surface area contributed by atoms with Gasteiger partial charge < -0.3 is 15.4 Å². The largest absolute Gasteiger partial charge is 0.495 e. The van der Waals surface area contributed by atoms with Crippen LogP contribution in [-0.2, 0) is 14.6 Å². The van der Waals surface area contributed by atoms with Crippen LogP contribution < -0.4 is 15.4 Å². The number of hydrogen-bond acceptors (Lipinski definition) is 5. The van der Waals surface area contributed by atoms with E-state index in [2.05, 4.69) is 10.6 Å². The molecule has 2 aromatic carbocycles. The van der Waals surface area contributed by atoms with Gasteiger partial charge in [0.25, 0.3) is 0 Å². The van der Waals surface area contributed by atoms with E-state index < -0.39 is 9.84 Å². The average molecular weight is 452 g/mol. The van der Waals surface area contributed by atoms with Gasteiger partial charge in [-0.2, -0.15) is 0 Å². The lowest BCUT2D eigenvalue weighted by molar-refractivity contribution is -0.114. The predicted molar refractivity (Wildman–Crippen MR) is 109 cm³/mol. The molecule has 0 saturated carbocycles. The van der Waals surface area contributed by atoms with Crippen LogP contribution in [0, 0.1) is 6.92 Å². The van der Waals surface area contributed by atoms with Gasteiger partial charge in [-0.15, -0.1) is 0 Å². The molecule has 0 aliphatic heterocycles. The lowest BCUT2D eigenvalue weighted by Gasteiger charge is -2.15. The highest BCUT2D eigenvalue weighted by Gasteiger charge is 2.24. The van der Waals surface area contributed by atoms with Crippen molar-refractivity contribution in [3.05, 3.63) is 44.9 Å². The number of aryl methyl sites for hydroxylation is 1. The number of rotatable bonds is 6. The summed E-state index contributed by atoms with van der Waals surface area (Å²) in [6.07, 6.45) is 0.985. The first kappa shape index (κ1) is 21.6. The second kappa shape index (κ2) is 8.56. The molecule has 0 aliphatic carbocycles. The first-order valence-electron chi connectivity index (χ1n) is 7.60. The van der Waals surface area contributed by atoms with Gasteiger partial charge in [-0.05, 0) is 30.7 Å². The number of ether oxygens (including phenoxy) is 1. The molecule has 0 spiro atoms. The fourth-order valence-electron chi connectivity index (χ4n) is 2.33. The van der Waals surface area contributed by atoms with Crippen molar-refractivity contribution >= 4 is 61.9 Å². The summed E-state index contributed by atoms with van der Waals surface area (Å²) in [6, 6.07) is 6.51. The molecule has 0 aliphatic rings. The summed E-state index contributed by atoms with van der Waals surface area (Å²) in [5.41, 5.74) is 1.63. The third-order valence-corrected chi connectivity index (χ3v) is 6.00. The molecule has 27 heavy (non-hydrogen) atoms. The zero-order chi connectivity index (χ0) is 20.4. The molecule has 0 fully saturated rings. The van der Waals surface area contributed by atoms with Crippen molar-refractivity contribution in [1.29, 1.82) is 0 Å². The van der Waals surface area contributed by atoms with Crippen LogP contribution in [0.4, 0.5) is 11.4 Å². The second-order valence-corrected chi connectivity index (χ2v) is 8.86. The van der Waals surface area contributed by atoms with Gasteiger partial charge in [0.05, 0.1) is 24.4 Å². The lowest BCUT2D eigenvalue weighted by Crippen LogP contribution is -2.22. The molecule has 10 heteroatoms. The number of benzene rings is 2. The van der Waals surface area contributed by atoms with Gasteiger partial charge in [0, 0.05) is 23.0 Å². The SMILES string of the molecule is COc1cc(NCC(=O)Nc2ccc(Cl)cc2C)c(Cl)c(S(C)(=O)=O)c1Cl. The zero-order valence-corrected chi connectivity index (χ0v) is 17.8. The standard InChI is InChI=1S/C17H17Cl3N2O4S/c1-9-6-10(18)4-5-11(9)22-14(23)8-21-12-7-13(26-2)16(20)17(15(12)19)27(3,24)25/h4-7,21H,8H2,1-3H3,(H,22,23). The molecule has 0 atom stereocenters. The summed E-state index contributed by atoms with van der Waals surface area (Å²) in [5, 5.41) is 5.88. The molecule has 0 unspecified atom stereocenters. The number of carbonyl (C=O) groups is 1. The van der Waals surface area contributed by atoms with E-state index in [4.69, 9.17) is 39.5 Å². The fourth-order valence-corrected chi connectivity index (χ4v) is 4.75. The summed E-state index contributed by atoms with van der Waals surface area (Å²) < 4.78 is 29.1. The van der Waals surface area contributed by atoms with Gasteiger partial charge >= 0.3 is 0 Å². The molecule has 1 amide bonds. The second-order valence-electron chi connectivity index (χ2n) is 5.72. The Morgan fingerprint density at radius 3 is 2.33 bits per heavy atom. The van der Waals surface area contributed by atoms with Crippen LogP contribution in [0.25, 0.3) is 0 Å². The van der Waals surface area contributed by atoms with E-state index in [9.17, 15) is 13.2 Å². The molecule has 0 bridgehead atoms. The number of amides is 1. The minimum Gasteiger partial charge on any atom is -0.495 e. The molecule has 6 nitrogen and oxygen atoms in total. The summed E-state index contributed by atoms with van der Waals surface area (Å²) in [5.74, 6) is -0.232. The van der Waals surface area contributed by atoms with Crippen LogP contribution in [0.5, 0.6) is 5.75 Å². The van der Waals surface area contributed by atoms with Gasteiger partial charge in [-0.3, -0.25) is 4.79 Å². The zero-order valence-electron chi connectivity index (χ0n) is 14.7. The van der Waals surface area contributed by atoms with E-state index >= 15 is 0 Å². The molecule has 0 radical (unpaired) electrons. The van der Waals surface area contributed by atoms with Crippen molar-refractivity contribution in [2.75, 3.05) is 30.5 Å². The van der Waals surface area contributed by atoms with E-state index in [1.807, 2.05) is 6.92 Å². The fraction of sp³-hybridized carbons (Fsp3) is 0.235. The maximum atomic E-state index is 12.2. The van der Waals surface area contributed by atoms with Crippen LogP contribution in [0.2, 0.25) is 15.1 Å². The van der Waals surface area contributed by atoms with Crippen molar-refractivity contribution in [1.82, 2.24) is 0 Å². The number of carbonyl (C=O) groups excluding carboxylic acids is 1. The lowest BCUT2D eigenvalue weighted by atomic mass is 10.2. The van der Waals surface area contributed by atoms with Crippen molar-refractivity contribution in [3.8, 4) is 5.75 Å². The highest BCUT2D eigenvalue weighted by molar-refractivity contribution is 7.91. The van der Waals surface area contributed by atoms with Crippen molar-refractivity contribution in [3.63, 3.8) is 0 Å². The number of sulfone groups is 1. The Balaban J connectivity index is 2.23. The summed E-state index contributed by atoms with van der Waals surface area (Å²) in [4.78, 5) is 11.9. The summed E-state index contributed by atoms with van der Waals surface area (Å²) in [7, 11) is -2.36. The molecule has 2 aromatic rings. The molecular formula is C17H17Cl3N2O4S. The molecule has 146 valence electrons. The van der Waals surface area contributed by atoms with E-state index in [0.29, 0.717) is 10.7 Å². The number of halogens is 3. The molecule has 2 N–H and O–H groups in total. The quantitative estimate of drug-likeness (QED) is 0.679. The Kier molecular flexibility index (Phi) is 6.86. The maximum absolute atomic E-state index is 12.2. The van der Waals surface area contributed by atoms with Crippen LogP contribution in [0.3, 0.4) is 0 Å². The van der Waals surface area contributed by atoms with E-state index in [1.54, 1.807) is 18.2 Å². The van der Waals surface area contributed by atoms with E-state index in [-0.39, 0.29) is 38.8 Å². The number of nitrogens with one attached hydrogen (secondary N) is 2. The first-order chi connectivity index (χ1) is 12.5. The van der Waals surface area contributed by atoms with Gasteiger partial charge in [-0.25, -0.2) is 8.42 Å². The van der Waals surface area contributed by atoms with Crippen LogP contribution in [0.1, 0.15) is 5.56 Å². The first-order valence-corrected chi connectivity index (χ1v) is 10.6. The molecule has 0 aromatic heterocycles. The third-order valence-electron chi connectivity index (χ3n) is 3.62. The van der Waals surface area contributed by atoms with Gasteiger partial charge in [-0.1, -0.05) is 34.8 Å². The summed E-state index contributed by atoms with van der Waals surface area (Å²) >= 11 is 18.1. The van der Waals surface area contributed by atoms with Gasteiger partial charge in [0.1, 0.15) is 15.7 Å². The Morgan fingerprint density at radius 1 is 1.11 bits per heavy atom. The minimum absolute atomic E-state index is 0.112. The number of methoxy groups -OCH3 is 1. The average Bonchev–Trinajstić information content (AvgIpc) is 2.55. The molecule has 0 saturated heterocycles. The third kappa shape index (κ3) is 5.19. The topological polar surface area (TPSA) is 84.5 Å². The van der Waals surface area contributed by atoms with Gasteiger partial charge in [0.2, 0.25) is 5.91 Å². The predicted octanol–water partition coefficient (Wildman–Crippen LogP) is 4.42. The normalized spacial score (nSPS) is 11.2. The minimum atomic E-state index is -3.71. The van der Waals surface area contributed by atoms with Gasteiger partial charge in [0.15, 0.2) is 9.84 Å². The summed E-state index contributed by atoms with van der Waals surface area (Å²) in [6.45, 7) is 1.66. The Bertz CT molecular complexity index is 994. The van der Waals surface area contributed by atoms with Crippen LogP contribution in [0.15, 0.2) is 29.2 Å². The monoisotopic (exact) mass is 450 g/mol. The number of hydrogen-bond donors (Lipinski definition) is 2. The van der Waals surface area contributed by atoms with E-state index in [1.165, 1.54) is 13.2 Å². The maximum Gasteiger partial charge on any atom is 0.243 e. The molecule has 2 rings (SSSR count). The smallest absolute Gasteiger partial charge is 0.243 e. The Labute approximate surface area is 172 Å². The van der Waals surface area contributed by atoms with Crippen LogP contribution in [-0.4, -0.2) is 34.2 Å². The van der Waals surface area contributed by atoms with E-state index in [0.717, 1.165) is 11.8 Å². The van der Waals surface area contributed by atoms with Crippen molar-refractivity contribution in [2.45, 2.75) is 11.8 Å². The highest BCUT2D eigenvalue weighted by Crippen LogP contribution is 2.41. The Hall–Kier alpha value is -1.67. The molecular weight excluding hydrogens is 435 g/mol. The Morgan fingerprint density at radius 2 is 1.78 bits per heavy atom. The highest BCUT2D eigenvalue weighted by atomic mass is 35.5. The molecule has 0 heterocycles. The number of anilines is 2. The van der Waals surface area contributed by atoms with Crippen LogP contribution >= 0.6 is 34.8 Å². The van der Waals surface area contributed by atoms with Crippen molar-refractivity contribution < 1.29 is 17.9 Å².